The first-order valence-electron chi connectivity index (χ1n) is 8.19. The van der Waals surface area contributed by atoms with Gasteiger partial charge in [-0.2, -0.15) is 0 Å². The molecule has 0 aliphatic rings. The van der Waals surface area contributed by atoms with Crippen molar-refractivity contribution in [3.8, 4) is 0 Å². The first kappa shape index (κ1) is 10.0. The highest BCUT2D eigenvalue weighted by Crippen LogP contribution is 2.11. The second-order valence-electron chi connectivity index (χ2n) is 4.58. The van der Waals surface area contributed by atoms with E-state index in [-0.39, 0.29) is 6.61 Å². The van der Waals surface area contributed by atoms with Crippen molar-refractivity contribution >= 4 is 11.9 Å². The molecule has 1 rings (SSSR count). The number of hydrogen-bond donors (Lipinski definition) is 1. The number of aromatic carboxylic acids is 1. The van der Waals surface area contributed by atoms with Gasteiger partial charge in [0.25, 0.3) is 0 Å². The van der Waals surface area contributed by atoms with Crippen LogP contribution >= 0.6 is 0 Å². The van der Waals surface area contributed by atoms with Crippen molar-refractivity contribution in [1.29, 1.82) is 0 Å². The lowest BCUT2D eigenvalue weighted by Crippen LogP contribution is -2.12. The van der Waals surface area contributed by atoms with Crippen LogP contribution in [0, 0.1) is 5.92 Å². The third-order valence-corrected chi connectivity index (χ3v) is 2.51. The Balaban J connectivity index is 2.98. The smallest absolute Gasteiger partial charge is 0.339 e. The molecule has 0 amide bonds. The van der Waals surface area contributed by atoms with Gasteiger partial charge < -0.3 is 9.84 Å². The molecule has 0 unspecified atom stereocenters. The zero-order chi connectivity index (χ0) is 17.7. The summed E-state index contributed by atoms with van der Waals surface area (Å²) in [7, 11) is 0. The van der Waals surface area contributed by atoms with Gasteiger partial charge in [-0.3, -0.25) is 0 Å². The Morgan fingerprint density at radius 2 is 1.89 bits per heavy atom. The number of carboxylic acid groups (broad SMARTS) is 1. The maximum absolute atomic E-state index is 12.1. The quantitative estimate of drug-likeness (QED) is 0.608. The summed E-state index contributed by atoms with van der Waals surface area (Å²) in [5.74, 6) is -2.10. The van der Waals surface area contributed by atoms with Gasteiger partial charge in [0.1, 0.15) is 0 Å². The molecule has 0 bridgehead atoms. The molecule has 1 aromatic rings. The van der Waals surface area contributed by atoms with E-state index in [2.05, 4.69) is 13.8 Å². The number of ether oxygens (including phenoxy) is 1. The highest BCUT2D eigenvalue weighted by atomic mass is 16.5. The molecule has 1 aromatic carbocycles. The first-order valence-corrected chi connectivity index (χ1v) is 6.19. The van der Waals surface area contributed by atoms with E-state index in [1.807, 2.05) is 0 Å². The van der Waals surface area contributed by atoms with Crippen molar-refractivity contribution in [1.82, 2.24) is 0 Å². The second kappa shape index (κ2) is 7.56. The van der Waals surface area contributed by atoms with E-state index in [9.17, 15) is 9.59 Å². The van der Waals surface area contributed by atoms with Gasteiger partial charge in [0.15, 0.2) is 0 Å². The fraction of sp³-hybridized carbons (Fsp3) is 0.467. The lowest BCUT2D eigenvalue weighted by Gasteiger charge is -2.08. The molecule has 0 fully saturated rings. The molecule has 19 heavy (non-hydrogen) atoms. The van der Waals surface area contributed by atoms with E-state index in [0.717, 1.165) is 12.8 Å². The van der Waals surface area contributed by atoms with Crippen LogP contribution in [0.5, 0.6) is 0 Å². The van der Waals surface area contributed by atoms with Crippen molar-refractivity contribution in [3.63, 3.8) is 0 Å². The summed E-state index contributed by atoms with van der Waals surface area (Å²) < 4.78 is 35.3. The number of carbonyl (C=O) groups is 2. The van der Waals surface area contributed by atoms with Crippen LogP contribution in [0.3, 0.4) is 0 Å². The maximum atomic E-state index is 12.1. The molecule has 0 atom stereocenters. The van der Waals surface area contributed by atoms with Crippen molar-refractivity contribution < 1.29 is 24.9 Å². The van der Waals surface area contributed by atoms with Gasteiger partial charge in [-0.15, -0.1) is 0 Å². The SMILES string of the molecule is [2H]c1c([2H])c([2H])c(C(=O)OCCCCC(C)C)c(C(=O)O)c1[2H]. The molecule has 4 heteroatoms. The molecule has 0 saturated carbocycles. The zero-order valence-corrected chi connectivity index (χ0v) is 11.1. The van der Waals surface area contributed by atoms with Crippen LogP contribution in [0.25, 0.3) is 0 Å². The molecule has 1 N–H and O–H groups in total. The second-order valence-corrected chi connectivity index (χ2v) is 4.58. The average molecular weight is 268 g/mol. The lowest BCUT2D eigenvalue weighted by molar-refractivity contribution is 0.0487. The van der Waals surface area contributed by atoms with E-state index in [4.69, 9.17) is 15.3 Å². The number of unbranched alkanes of at least 4 members (excludes halogenated alkanes) is 1. The number of benzene rings is 1. The standard InChI is InChI=1S/C15H20O4/c1-11(2)7-5-6-10-19-15(18)13-9-4-3-8-12(13)14(16)17/h3-4,8-9,11H,5-7,10H2,1-2H3,(H,16,17)/i3D,4D,8D,9D. The zero-order valence-electron chi connectivity index (χ0n) is 15.1. The Labute approximate surface area is 119 Å². The van der Waals surface area contributed by atoms with Gasteiger partial charge in [-0.05, 0) is 30.8 Å². The number of carboxylic acids is 1. The van der Waals surface area contributed by atoms with Gasteiger partial charge >= 0.3 is 11.9 Å². The van der Waals surface area contributed by atoms with Crippen LogP contribution in [0.4, 0.5) is 0 Å². The summed E-state index contributed by atoms with van der Waals surface area (Å²) in [6.45, 7) is 4.23. The fourth-order valence-electron chi connectivity index (χ4n) is 1.52. The highest BCUT2D eigenvalue weighted by Gasteiger charge is 2.16. The maximum Gasteiger partial charge on any atom is 0.339 e. The Morgan fingerprint density at radius 3 is 2.47 bits per heavy atom. The third kappa shape index (κ3) is 5.12. The summed E-state index contributed by atoms with van der Waals surface area (Å²) >= 11 is 0. The van der Waals surface area contributed by atoms with E-state index in [1.165, 1.54) is 0 Å². The molecular formula is C15H20O4. The number of hydrogen-bond acceptors (Lipinski definition) is 3. The summed E-state index contributed by atoms with van der Waals surface area (Å²) in [5.41, 5.74) is -1.39. The Morgan fingerprint density at radius 1 is 1.26 bits per heavy atom. The van der Waals surface area contributed by atoms with Crippen molar-refractivity contribution in [2.45, 2.75) is 33.1 Å². The molecule has 0 aliphatic heterocycles. The van der Waals surface area contributed by atoms with E-state index in [1.54, 1.807) is 0 Å². The largest absolute Gasteiger partial charge is 0.478 e. The molecule has 0 radical (unpaired) electrons. The van der Waals surface area contributed by atoms with E-state index in [0.29, 0.717) is 12.3 Å². The summed E-state index contributed by atoms with van der Waals surface area (Å²) in [4.78, 5) is 23.3. The molecular weight excluding hydrogens is 244 g/mol. The molecule has 0 aromatic heterocycles. The molecule has 0 spiro atoms. The Bertz CT molecular complexity index is 614. The summed E-state index contributed by atoms with van der Waals surface area (Å²) in [6, 6.07) is -2.81. The molecule has 104 valence electrons. The van der Waals surface area contributed by atoms with Gasteiger partial charge in [-0.25, -0.2) is 9.59 Å². The van der Waals surface area contributed by atoms with Gasteiger partial charge in [0.05, 0.1) is 23.2 Å². The monoisotopic (exact) mass is 268 g/mol. The van der Waals surface area contributed by atoms with Crippen LogP contribution in [0.15, 0.2) is 24.2 Å². The summed E-state index contributed by atoms with van der Waals surface area (Å²) in [5, 5.41) is 9.15. The van der Waals surface area contributed by atoms with Crippen LogP contribution in [-0.4, -0.2) is 23.7 Å². The van der Waals surface area contributed by atoms with Crippen molar-refractivity contribution in [2.75, 3.05) is 6.61 Å². The van der Waals surface area contributed by atoms with Gasteiger partial charge in [-0.1, -0.05) is 32.4 Å². The van der Waals surface area contributed by atoms with E-state index >= 15 is 0 Å². The van der Waals surface area contributed by atoms with E-state index < -0.39 is 47.2 Å². The molecule has 4 nitrogen and oxygen atoms in total. The summed E-state index contributed by atoms with van der Waals surface area (Å²) in [6.07, 6.45) is 2.43. The Kier molecular flexibility index (Phi) is 3.98. The number of rotatable bonds is 7. The van der Waals surface area contributed by atoms with Gasteiger partial charge in [0, 0.05) is 0 Å². The van der Waals surface area contributed by atoms with Crippen LogP contribution in [0.1, 0.15) is 59.3 Å². The minimum Gasteiger partial charge on any atom is -0.478 e. The minimum absolute atomic E-state index is 0.0767. The normalized spacial score (nSPS) is 13.4. The minimum atomic E-state index is -1.59. The first-order chi connectivity index (χ1) is 10.7. The van der Waals surface area contributed by atoms with Crippen LogP contribution in [0.2, 0.25) is 0 Å². The fourth-order valence-corrected chi connectivity index (χ4v) is 1.52. The molecule has 0 saturated heterocycles. The predicted octanol–water partition coefficient (Wildman–Crippen LogP) is 3.37. The number of carbonyl (C=O) groups excluding carboxylic acids is 1. The van der Waals surface area contributed by atoms with Crippen LogP contribution in [-0.2, 0) is 4.74 Å². The van der Waals surface area contributed by atoms with Crippen molar-refractivity contribution in [3.05, 3.63) is 35.3 Å². The van der Waals surface area contributed by atoms with Crippen molar-refractivity contribution in [2.24, 2.45) is 5.92 Å². The highest BCUT2D eigenvalue weighted by molar-refractivity contribution is 6.02. The average Bonchev–Trinajstić information content (AvgIpc) is 2.47. The topological polar surface area (TPSA) is 63.6 Å². The predicted molar refractivity (Wildman–Crippen MR) is 72.4 cm³/mol. The molecule has 0 heterocycles. The van der Waals surface area contributed by atoms with Crippen LogP contribution < -0.4 is 0 Å². The lowest BCUT2D eigenvalue weighted by atomic mass is 10.1. The number of esters is 1. The third-order valence-electron chi connectivity index (χ3n) is 2.51. The Hall–Kier alpha value is -1.84. The van der Waals surface area contributed by atoms with Gasteiger partial charge in [0.2, 0.25) is 0 Å². The molecule has 0 aliphatic carbocycles.